The fraction of sp³-hybridized carbons (Fsp3) is 0.750. The van der Waals surface area contributed by atoms with Crippen LogP contribution in [-0.2, 0) is 0 Å². The Morgan fingerprint density at radius 2 is 2.62 bits per heavy atom. The second kappa shape index (κ2) is 1.27. The van der Waals surface area contributed by atoms with E-state index in [-0.39, 0.29) is 6.04 Å². The van der Waals surface area contributed by atoms with Crippen molar-refractivity contribution in [2.45, 2.75) is 12.5 Å². The molecule has 3 aliphatic heterocycles. The predicted molar refractivity (Wildman–Crippen MR) is 28.5 cm³/mol. The summed E-state index contributed by atoms with van der Waals surface area (Å²) in [6.45, 7) is 0.935. The molecule has 4 heteroatoms. The van der Waals surface area contributed by atoms with Gasteiger partial charge in [-0.1, -0.05) is 5.22 Å². The highest BCUT2D eigenvalue weighted by Crippen LogP contribution is 2.13. The Morgan fingerprint density at radius 1 is 1.62 bits per heavy atom. The zero-order valence-corrected chi connectivity index (χ0v) is 4.36. The number of fused-ring (bicyclic) bond motifs is 1. The molecule has 0 saturated heterocycles. The van der Waals surface area contributed by atoms with Crippen LogP contribution in [-0.4, -0.2) is 23.9 Å². The first-order valence-corrected chi connectivity index (χ1v) is 2.67. The van der Waals surface area contributed by atoms with Gasteiger partial charge in [0.1, 0.15) is 6.04 Å². The lowest BCUT2D eigenvalue weighted by molar-refractivity contribution is 0.224. The molecular formula is C4H6N4. The minimum absolute atomic E-state index is 0.278. The van der Waals surface area contributed by atoms with E-state index in [1.165, 1.54) is 0 Å². The monoisotopic (exact) mass is 110 g/mol. The molecule has 3 heterocycles. The van der Waals surface area contributed by atoms with Crippen molar-refractivity contribution in [1.82, 2.24) is 5.12 Å². The lowest BCUT2D eigenvalue weighted by Gasteiger charge is -2.23. The molecule has 3 aliphatic rings. The normalized spacial score (nSPS) is 32.0. The van der Waals surface area contributed by atoms with E-state index in [1.54, 1.807) is 5.12 Å². The highest BCUT2D eigenvalue weighted by atomic mass is 15.7. The van der Waals surface area contributed by atoms with Crippen LogP contribution in [0.4, 0.5) is 0 Å². The molecule has 8 heavy (non-hydrogen) atoms. The summed E-state index contributed by atoms with van der Waals surface area (Å²) < 4.78 is 0. The van der Waals surface area contributed by atoms with E-state index >= 15 is 0 Å². The first-order valence-electron chi connectivity index (χ1n) is 2.67. The summed E-state index contributed by atoms with van der Waals surface area (Å²) in [6.07, 6.45) is 2.91. The minimum Gasteiger partial charge on any atom is -0.167 e. The predicted octanol–water partition coefficient (Wildman–Crippen LogP) is 0.427. The van der Waals surface area contributed by atoms with Crippen LogP contribution in [0.25, 0.3) is 0 Å². The van der Waals surface area contributed by atoms with E-state index in [9.17, 15) is 0 Å². The molecule has 0 aromatic carbocycles. The van der Waals surface area contributed by atoms with E-state index in [2.05, 4.69) is 15.4 Å². The molecule has 0 saturated carbocycles. The maximum atomic E-state index is 3.95. The summed E-state index contributed by atoms with van der Waals surface area (Å²) >= 11 is 0. The van der Waals surface area contributed by atoms with Crippen LogP contribution < -0.4 is 0 Å². The number of hydrazone groups is 1. The van der Waals surface area contributed by atoms with E-state index in [0.717, 1.165) is 13.0 Å². The summed E-state index contributed by atoms with van der Waals surface area (Å²) in [5.41, 5.74) is 0. The topological polar surface area (TPSA) is 40.3 Å². The van der Waals surface area contributed by atoms with Crippen molar-refractivity contribution in [2.24, 2.45) is 15.4 Å². The van der Waals surface area contributed by atoms with Gasteiger partial charge >= 0.3 is 0 Å². The minimum atomic E-state index is 0.278. The van der Waals surface area contributed by atoms with E-state index < -0.39 is 0 Å². The van der Waals surface area contributed by atoms with E-state index in [0.29, 0.717) is 0 Å². The molecule has 1 atom stereocenters. The molecule has 3 rings (SSSR count). The lowest BCUT2D eigenvalue weighted by Crippen LogP contribution is -2.29. The Balaban J connectivity index is 2.31. The average molecular weight is 110 g/mol. The molecule has 2 bridgehead atoms. The van der Waals surface area contributed by atoms with Crippen LogP contribution in [0.5, 0.6) is 0 Å². The summed E-state index contributed by atoms with van der Waals surface area (Å²) in [5, 5.41) is 13.2. The summed E-state index contributed by atoms with van der Waals surface area (Å²) in [6, 6.07) is 0.278. The van der Waals surface area contributed by atoms with Gasteiger partial charge in [0, 0.05) is 0 Å². The standard InChI is InChI=1S/C4H6N4/c1-2-8-5-3-4(1)6-7-8/h3-4H,1-2H2. The first-order chi connectivity index (χ1) is 3.95. The van der Waals surface area contributed by atoms with Crippen molar-refractivity contribution in [3.63, 3.8) is 0 Å². The molecule has 0 aliphatic carbocycles. The van der Waals surface area contributed by atoms with Crippen LogP contribution in [0.2, 0.25) is 0 Å². The van der Waals surface area contributed by atoms with Gasteiger partial charge in [-0.3, -0.25) is 0 Å². The maximum absolute atomic E-state index is 3.95. The van der Waals surface area contributed by atoms with Crippen LogP contribution in [0.3, 0.4) is 0 Å². The van der Waals surface area contributed by atoms with Crippen LogP contribution in [0, 0.1) is 0 Å². The highest BCUT2D eigenvalue weighted by Gasteiger charge is 2.17. The van der Waals surface area contributed by atoms with Gasteiger partial charge in [0.15, 0.2) is 0 Å². The lowest BCUT2D eigenvalue weighted by atomic mass is 10.2. The Kier molecular flexibility index (Phi) is 0.637. The molecular weight excluding hydrogens is 104 g/mol. The van der Waals surface area contributed by atoms with Gasteiger partial charge in [0.05, 0.1) is 12.8 Å². The van der Waals surface area contributed by atoms with Crippen LogP contribution in [0.1, 0.15) is 6.42 Å². The van der Waals surface area contributed by atoms with E-state index in [4.69, 9.17) is 0 Å². The van der Waals surface area contributed by atoms with Gasteiger partial charge in [-0.15, -0.1) is 0 Å². The molecule has 0 fully saturated rings. The van der Waals surface area contributed by atoms with Gasteiger partial charge in [0.2, 0.25) is 0 Å². The summed E-state index contributed by atoms with van der Waals surface area (Å²) in [5.74, 6) is 0. The second-order valence-corrected chi connectivity index (χ2v) is 1.92. The van der Waals surface area contributed by atoms with Gasteiger partial charge in [0.25, 0.3) is 0 Å². The summed E-state index contributed by atoms with van der Waals surface area (Å²) in [7, 11) is 0. The first kappa shape index (κ1) is 4.00. The van der Waals surface area contributed by atoms with Crippen molar-refractivity contribution >= 4 is 6.21 Å². The van der Waals surface area contributed by atoms with Crippen LogP contribution in [0.15, 0.2) is 15.4 Å². The molecule has 0 amide bonds. The van der Waals surface area contributed by atoms with E-state index in [1.807, 2.05) is 6.21 Å². The Bertz CT molecular complexity index is 120. The Labute approximate surface area is 46.9 Å². The zero-order chi connectivity index (χ0) is 5.40. The van der Waals surface area contributed by atoms with Gasteiger partial charge in [-0.05, 0) is 6.42 Å². The maximum Gasteiger partial charge on any atom is 0.112 e. The van der Waals surface area contributed by atoms with Crippen molar-refractivity contribution in [3.05, 3.63) is 0 Å². The number of hydrogen-bond donors (Lipinski definition) is 0. The third-order valence-corrected chi connectivity index (χ3v) is 1.30. The molecule has 0 radical (unpaired) electrons. The van der Waals surface area contributed by atoms with Crippen molar-refractivity contribution in [2.75, 3.05) is 6.54 Å². The largest absolute Gasteiger partial charge is 0.167 e. The highest BCUT2D eigenvalue weighted by molar-refractivity contribution is 5.65. The average Bonchev–Trinajstić information content (AvgIpc) is 1.92. The van der Waals surface area contributed by atoms with Crippen molar-refractivity contribution in [1.29, 1.82) is 0 Å². The molecule has 4 nitrogen and oxygen atoms in total. The van der Waals surface area contributed by atoms with Gasteiger partial charge in [-0.25, -0.2) is 0 Å². The number of nitrogens with zero attached hydrogens (tertiary/aromatic N) is 4. The third kappa shape index (κ3) is 0.424. The van der Waals surface area contributed by atoms with Crippen LogP contribution >= 0.6 is 0 Å². The fourth-order valence-electron chi connectivity index (χ4n) is 0.815. The van der Waals surface area contributed by atoms with Gasteiger partial charge < -0.3 is 0 Å². The number of rotatable bonds is 0. The smallest absolute Gasteiger partial charge is 0.112 e. The quantitative estimate of drug-likeness (QED) is 0.445. The molecule has 0 spiro atoms. The fourth-order valence-corrected chi connectivity index (χ4v) is 0.815. The number of hydrogen-bond acceptors (Lipinski definition) is 4. The third-order valence-electron chi connectivity index (χ3n) is 1.30. The Hall–Kier alpha value is -0.930. The Morgan fingerprint density at radius 3 is 2.75 bits per heavy atom. The van der Waals surface area contributed by atoms with Crippen molar-refractivity contribution in [3.8, 4) is 0 Å². The zero-order valence-electron chi connectivity index (χ0n) is 4.36. The molecule has 1 unspecified atom stereocenters. The summed E-state index contributed by atoms with van der Waals surface area (Å²) in [4.78, 5) is 0. The molecule has 0 aromatic heterocycles. The van der Waals surface area contributed by atoms with Crippen molar-refractivity contribution < 1.29 is 0 Å². The second-order valence-electron chi connectivity index (χ2n) is 1.92. The SMILES string of the molecule is C1=NN2CCC1N=N2. The van der Waals surface area contributed by atoms with Gasteiger partial charge in [-0.2, -0.15) is 15.3 Å². The molecule has 42 valence electrons. The molecule has 0 aromatic rings. The molecule has 0 N–H and O–H groups in total.